The molecule has 0 aliphatic carbocycles. The zero-order valence-corrected chi connectivity index (χ0v) is 19.9. The van der Waals surface area contributed by atoms with Crippen molar-refractivity contribution in [2.75, 3.05) is 23.9 Å². The van der Waals surface area contributed by atoms with Crippen LogP contribution < -0.4 is 15.5 Å². The average Bonchev–Trinajstić information content (AvgIpc) is 3.57. The molecule has 6 rings (SSSR count). The number of hydrogen-bond acceptors (Lipinski definition) is 8. The number of fused-ring (bicyclic) bond motifs is 2. The van der Waals surface area contributed by atoms with Crippen molar-refractivity contribution in [3.05, 3.63) is 78.1 Å². The van der Waals surface area contributed by atoms with Crippen LogP contribution in [0, 0.1) is 0 Å². The Hall–Kier alpha value is -4.41. The highest BCUT2D eigenvalue weighted by molar-refractivity contribution is 7.16. The molecular weight excluding hydrogens is 476 g/mol. The number of anilines is 3. The van der Waals surface area contributed by atoms with Crippen molar-refractivity contribution >= 4 is 61.3 Å². The minimum Gasteiger partial charge on any atom is -0.410 e. The van der Waals surface area contributed by atoms with Crippen molar-refractivity contribution in [2.24, 2.45) is 0 Å². The van der Waals surface area contributed by atoms with Crippen molar-refractivity contribution in [3.63, 3.8) is 0 Å². The molecule has 4 N–H and O–H groups in total. The molecule has 2 aromatic carbocycles. The summed E-state index contributed by atoms with van der Waals surface area (Å²) >= 11 is 1.62. The van der Waals surface area contributed by atoms with E-state index in [9.17, 15) is 4.79 Å². The topological polar surface area (TPSA) is 115 Å². The van der Waals surface area contributed by atoms with Crippen molar-refractivity contribution in [3.8, 4) is 5.75 Å². The molecule has 9 nitrogen and oxygen atoms in total. The van der Waals surface area contributed by atoms with Gasteiger partial charge in [0.15, 0.2) is 0 Å². The third kappa shape index (κ3) is 4.35. The molecule has 0 unspecified atom stereocenters. The maximum absolute atomic E-state index is 12.6. The summed E-state index contributed by atoms with van der Waals surface area (Å²) in [5, 5.41) is 13.4. The van der Waals surface area contributed by atoms with E-state index in [0.717, 1.165) is 43.9 Å². The number of nitrogens with zero attached hydrogens (tertiary/aromatic N) is 3. The molecule has 4 heterocycles. The quantitative estimate of drug-likeness (QED) is 0.220. The second-order valence-corrected chi connectivity index (χ2v) is 9.28. The van der Waals surface area contributed by atoms with Gasteiger partial charge in [0.1, 0.15) is 11.4 Å². The molecule has 0 fully saturated rings. The molecule has 1 aliphatic heterocycles. The van der Waals surface area contributed by atoms with Crippen LogP contribution in [0.2, 0.25) is 0 Å². The molecule has 10 heteroatoms. The number of hydrogen-bond donors (Lipinski definition) is 4. The predicted molar refractivity (Wildman–Crippen MR) is 141 cm³/mol. The molecule has 1 amide bonds. The Bertz CT molecular complexity index is 1590. The van der Waals surface area contributed by atoms with Gasteiger partial charge in [-0.25, -0.2) is 14.8 Å². The number of ether oxygens (including phenoxy) is 1. The fourth-order valence-corrected chi connectivity index (χ4v) is 4.96. The largest absolute Gasteiger partial charge is 0.415 e. The fraction of sp³-hybridized carbons (Fsp3) is 0.115. The number of amides is 1. The minimum atomic E-state index is -0.405. The second kappa shape index (κ2) is 9.33. The van der Waals surface area contributed by atoms with E-state index in [-0.39, 0.29) is 0 Å². The Morgan fingerprint density at radius 2 is 1.94 bits per heavy atom. The number of pyridine rings is 1. The van der Waals surface area contributed by atoms with Gasteiger partial charge in [0.05, 0.1) is 27.1 Å². The lowest BCUT2D eigenvalue weighted by molar-refractivity contribution is 0.157. The lowest BCUT2D eigenvalue weighted by Gasteiger charge is -2.25. The zero-order valence-electron chi connectivity index (χ0n) is 19.1. The fourth-order valence-electron chi connectivity index (χ4n) is 4.24. The van der Waals surface area contributed by atoms with Crippen molar-refractivity contribution in [1.29, 1.82) is 0 Å². The SMILES string of the molecule is O=C(Oc1ccc(NO)cc1)N1CC=C(c2cc3c(Nc4ccc5ncsc5c4)ccnc3[nH]2)CC1. The van der Waals surface area contributed by atoms with E-state index >= 15 is 0 Å². The van der Waals surface area contributed by atoms with Gasteiger partial charge in [-0.15, -0.1) is 11.3 Å². The first-order valence-corrected chi connectivity index (χ1v) is 12.3. The first-order valence-electron chi connectivity index (χ1n) is 11.4. The first kappa shape index (κ1) is 22.1. The Morgan fingerprint density at radius 3 is 2.75 bits per heavy atom. The standard InChI is InChI=1S/C26H22N6O3S/c33-26(35-19-4-1-17(31-34)2-5-19)32-11-8-16(9-12-32)23-14-20-21(7-10-27-25(20)30-23)29-18-3-6-22-24(13-18)36-15-28-22/h1-8,10,13-15,31,34H,9,11-12H2,(H2,27,29,30). The van der Waals surface area contributed by atoms with E-state index in [4.69, 9.17) is 9.94 Å². The molecule has 5 aromatic rings. The summed E-state index contributed by atoms with van der Waals surface area (Å²) in [4.78, 5) is 26.5. The molecule has 0 spiro atoms. The first-order chi connectivity index (χ1) is 17.7. The number of carbonyl (C=O) groups is 1. The monoisotopic (exact) mass is 498 g/mol. The van der Waals surface area contributed by atoms with E-state index < -0.39 is 6.09 Å². The van der Waals surface area contributed by atoms with Crippen LogP contribution in [-0.2, 0) is 0 Å². The third-order valence-electron chi connectivity index (χ3n) is 6.14. The molecule has 0 saturated carbocycles. The van der Waals surface area contributed by atoms with Gasteiger partial charge in [-0.05, 0) is 66.6 Å². The van der Waals surface area contributed by atoms with Crippen LogP contribution in [0.15, 0.2) is 72.4 Å². The number of aromatic amines is 1. The molecule has 36 heavy (non-hydrogen) atoms. The Morgan fingerprint density at radius 1 is 1.08 bits per heavy atom. The second-order valence-electron chi connectivity index (χ2n) is 8.39. The summed E-state index contributed by atoms with van der Waals surface area (Å²) in [7, 11) is 0. The maximum atomic E-state index is 12.6. The van der Waals surface area contributed by atoms with Gasteiger partial charge in [0, 0.05) is 36.1 Å². The van der Waals surface area contributed by atoms with Crippen LogP contribution in [0.3, 0.4) is 0 Å². The Labute approximate surface area is 210 Å². The lowest BCUT2D eigenvalue weighted by Crippen LogP contribution is -2.36. The normalized spacial score (nSPS) is 13.6. The van der Waals surface area contributed by atoms with Crippen LogP contribution in [0.5, 0.6) is 5.75 Å². The number of benzene rings is 2. The molecule has 0 radical (unpaired) electrons. The summed E-state index contributed by atoms with van der Waals surface area (Å²) in [6.45, 7) is 0.997. The maximum Gasteiger partial charge on any atom is 0.415 e. The van der Waals surface area contributed by atoms with Crippen molar-refractivity contribution in [1.82, 2.24) is 19.9 Å². The van der Waals surface area contributed by atoms with Gasteiger partial charge in [0.2, 0.25) is 0 Å². The zero-order chi connectivity index (χ0) is 24.5. The Kier molecular flexibility index (Phi) is 5.72. The van der Waals surface area contributed by atoms with E-state index in [1.54, 1.807) is 46.7 Å². The van der Waals surface area contributed by atoms with Gasteiger partial charge in [-0.3, -0.25) is 10.7 Å². The van der Waals surface area contributed by atoms with Gasteiger partial charge < -0.3 is 19.9 Å². The smallest absolute Gasteiger partial charge is 0.410 e. The number of nitrogens with one attached hydrogen (secondary N) is 3. The van der Waals surface area contributed by atoms with Crippen LogP contribution >= 0.6 is 11.3 Å². The molecule has 0 saturated heterocycles. The number of thiazole rings is 1. The number of aromatic nitrogens is 3. The average molecular weight is 499 g/mol. The Balaban J connectivity index is 1.17. The molecule has 180 valence electrons. The highest BCUT2D eigenvalue weighted by atomic mass is 32.1. The molecule has 3 aromatic heterocycles. The van der Waals surface area contributed by atoms with E-state index in [1.807, 2.05) is 35.3 Å². The van der Waals surface area contributed by atoms with Gasteiger partial charge >= 0.3 is 6.09 Å². The summed E-state index contributed by atoms with van der Waals surface area (Å²) in [5.74, 6) is 0.421. The van der Waals surface area contributed by atoms with Gasteiger partial charge in [0.25, 0.3) is 0 Å². The van der Waals surface area contributed by atoms with Gasteiger partial charge in [-0.1, -0.05) is 6.08 Å². The number of rotatable bonds is 5. The van der Waals surface area contributed by atoms with E-state index in [2.05, 4.69) is 32.4 Å². The summed E-state index contributed by atoms with van der Waals surface area (Å²) in [6.07, 6.45) is 4.11. The van der Waals surface area contributed by atoms with Crippen molar-refractivity contribution < 1.29 is 14.7 Å². The van der Waals surface area contributed by atoms with Crippen LogP contribution in [0.4, 0.5) is 21.9 Å². The van der Waals surface area contributed by atoms with Gasteiger partial charge in [-0.2, -0.15) is 0 Å². The molecular formula is C26H22N6O3S. The number of H-pyrrole nitrogens is 1. The predicted octanol–water partition coefficient (Wildman–Crippen LogP) is 6.01. The van der Waals surface area contributed by atoms with Crippen molar-refractivity contribution in [2.45, 2.75) is 6.42 Å². The highest BCUT2D eigenvalue weighted by Gasteiger charge is 2.21. The molecule has 0 atom stereocenters. The van der Waals surface area contributed by atoms with Crippen LogP contribution in [-0.4, -0.2) is 44.2 Å². The third-order valence-corrected chi connectivity index (χ3v) is 6.94. The molecule has 0 bridgehead atoms. The van der Waals surface area contributed by atoms with Crippen LogP contribution in [0.1, 0.15) is 12.1 Å². The van der Waals surface area contributed by atoms with E-state index in [1.165, 1.54) is 0 Å². The lowest BCUT2D eigenvalue weighted by atomic mass is 10.1. The van der Waals surface area contributed by atoms with E-state index in [0.29, 0.717) is 30.9 Å². The molecule has 1 aliphatic rings. The summed E-state index contributed by atoms with van der Waals surface area (Å²) < 4.78 is 6.59. The summed E-state index contributed by atoms with van der Waals surface area (Å²) in [6, 6.07) is 16.7. The minimum absolute atomic E-state index is 0.405. The highest BCUT2D eigenvalue weighted by Crippen LogP contribution is 2.31. The number of carbonyl (C=O) groups excluding carboxylic acids is 1. The summed E-state index contributed by atoms with van der Waals surface area (Å²) in [5.41, 5.74) is 10.3. The van der Waals surface area contributed by atoms with Crippen LogP contribution in [0.25, 0.3) is 26.8 Å².